The number of nitrogens with zero attached hydrogens (tertiary/aromatic N) is 3. The van der Waals surface area contributed by atoms with Gasteiger partial charge in [0.1, 0.15) is 22.8 Å². The molecule has 0 unspecified atom stereocenters. The van der Waals surface area contributed by atoms with Crippen molar-refractivity contribution in [3.05, 3.63) is 41.8 Å². The van der Waals surface area contributed by atoms with Gasteiger partial charge in [0.25, 0.3) is 0 Å². The van der Waals surface area contributed by atoms with E-state index in [1.54, 1.807) is 13.2 Å². The van der Waals surface area contributed by atoms with Crippen molar-refractivity contribution < 1.29 is 17.9 Å². The Morgan fingerprint density at radius 3 is 2.62 bits per heavy atom. The van der Waals surface area contributed by atoms with Crippen LogP contribution in [0.4, 0.5) is 30.6 Å². The van der Waals surface area contributed by atoms with Crippen LogP contribution in [0.5, 0.6) is 0 Å². The van der Waals surface area contributed by atoms with E-state index in [0.29, 0.717) is 36.7 Å². The summed E-state index contributed by atoms with van der Waals surface area (Å²) in [6.07, 6.45) is 2.32. The second-order valence-corrected chi connectivity index (χ2v) is 6.00. The number of ether oxygens (including phenoxy) is 1. The summed E-state index contributed by atoms with van der Waals surface area (Å²) >= 11 is 0. The highest BCUT2D eigenvalue weighted by molar-refractivity contribution is 5.81. The van der Waals surface area contributed by atoms with Gasteiger partial charge in [0.15, 0.2) is 11.6 Å². The van der Waals surface area contributed by atoms with Crippen molar-refractivity contribution >= 4 is 28.5 Å². The minimum Gasteiger partial charge on any atom is -0.379 e. The average Bonchev–Trinajstić information content (AvgIpc) is 3.24. The molecule has 0 radical (unpaired) electrons. The van der Waals surface area contributed by atoms with Gasteiger partial charge in [-0.1, -0.05) is 0 Å². The molecule has 1 fully saturated rings. The topological polar surface area (TPSA) is 64.0 Å². The zero-order valence-corrected chi connectivity index (χ0v) is 13.9. The van der Waals surface area contributed by atoms with E-state index in [9.17, 15) is 13.2 Å². The van der Waals surface area contributed by atoms with Crippen molar-refractivity contribution in [2.24, 2.45) is 0 Å². The maximum absolute atomic E-state index is 14.1. The first-order valence-electron chi connectivity index (χ1n) is 8.12. The molecule has 0 bridgehead atoms. The molecule has 1 aliphatic rings. The van der Waals surface area contributed by atoms with Crippen LogP contribution in [0.1, 0.15) is 12.5 Å². The first-order chi connectivity index (χ1) is 12.6. The van der Waals surface area contributed by atoms with Gasteiger partial charge in [-0.3, -0.25) is 0 Å². The van der Waals surface area contributed by atoms with E-state index < -0.39 is 23.1 Å². The van der Waals surface area contributed by atoms with Crippen LogP contribution in [0.2, 0.25) is 0 Å². The second-order valence-electron chi connectivity index (χ2n) is 6.00. The first-order valence-corrected chi connectivity index (χ1v) is 8.12. The molecule has 4 rings (SSSR count). The molecule has 26 heavy (non-hydrogen) atoms. The van der Waals surface area contributed by atoms with E-state index >= 15 is 0 Å². The fourth-order valence-corrected chi connectivity index (χ4v) is 3.09. The molecule has 1 saturated heterocycles. The van der Waals surface area contributed by atoms with Gasteiger partial charge in [-0.15, -0.1) is 0 Å². The van der Waals surface area contributed by atoms with Crippen LogP contribution >= 0.6 is 0 Å². The Morgan fingerprint density at radius 1 is 1.19 bits per heavy atom. The highest BCUT2D eigenvalue weighted by Gasteiger charge is 2.25. The highest BCUT2D eigenvalue weighted by Crippen LogP contribution is 2.33. The third kappa shape index (κ3) is 2.84. The van der Waals surface area contributed by atoms with Crippen molar-refractivity contribution in [2.45, 2.75) is 12.5 Å². The SMILES string of the molecule is CNc1cc2c(cn1)nc(Nc1c(F)cc(F)cc1F)n2[C@H]1CCOC1. The Hall–Kier alpha value is -2.81. The summed E-state index contributed by atoms with van der Waals surface area (Å²) in [5.74, 6) is -2.15. The predicted octanol–water partition coefficient (Wildman–Crippen LogP) is 3.60. The van der Waals surface area contributed by atoms with Gasteiger partial charge in [-0.25, -0.2) is 23.1 Å². The molecule has 0 spiro atoms. The zero-order valence-electron chi connectivity index (χ0n) is 13.9. The Kier molecular flexibility index (Phi) is 4.15. The molecule has 1 atom stereocenters. The van der Waals surface area contributed by atoms with E-state index in [-0.39, 0.29) is 12.0 Å². The van der Waals surface area contributed by atoms with Crippen LogP contribution in [0, 0.1) is 17.5 Å². The van der Waals surface area contributed by atoms with Crippen LogP contribution in [0.15, 0.2) is 24.4 Å². The van der Waals surface area contributed by atoms with Crippen molar-refractivity contribution in [3.8, 4) is 0 Å². The van der Waals surface area contributed by atoms with Crippen LogP contribution in [0.3, 0.4) is 0 Å². The van der Waals surface area contributed by atoms with Crippen LogP contribution in [-0.4, -0.2) is 34.8 Å². The summed E-state index contributed by atoms with van der Waals surface area (Å²) in [5, 5.41) is 5.63. The quantitative estimate of drug-likeness (QED) is 0.742. The number of hydrogen-bond acceptors (Lipinski definition) is 5. The molecule has 3 aromatic rings. The Bertz CT molecular complexity index is 945. The molecular weight excluding hydrogens is 347 g/mol. The molecule has 9 heteroatoms. The van der Waals surface area contributed by atoms with Crippen LogP contribution in [0.25, 0.3) is 11.0 Å². The molecule has 2 N–H and O–H groups in total. The third-order valence-electron chi connectivity index (χ3n) is 4.35. The number of nitrogens with one attached hydrogen (secondary N) is 2. The first kappa shape index (κ1) is 16.6. The largest absolute Gasteiger partial charge is 0.379 e. The Balaban J connectivity index is 1.85. The number of imidazole rings is 1. The van der Waals surface area contributed by atoms with Gasteiger partial charge in [0.2, 0.25) is 5.95 Å². The molecule has 2 aromatic heterocycles. The maximum Gasteiger partial charge on any atom is 0.208 e. The summed E-state index contributed by atoms with van der Waals surface area (Å²) in [4.78, 5) is 8.63. The third-order valence-corrected chi connectivity index (χ3v) is 4.35. The predicted molar refractivity (Wildman–Crippen MR) is 91.1 cm³/mol. The van der Waals surface area contributed by atoms with Gasteiger partial charge in [0, 0.05) is 31.9 Å². The van der Waals surface area contributed by atoms with E-state index in [0.717, 1.165) is 11.9 Å². The molecule has 6 nitrogen and oxygen atoms in total. The molecule has 0 amide bonds. The standard InChI is InChI=1S/C17H16F3N5O/c1-21-15-6-14-13(7-22-15)23-17(25(14)10-2-3-26-8-10)24-16-11(19)4-9(18)5-12(16)20/h4-7,10H,2-3,8H2,1H3,(H,21,22)(H,23,24)/t10-/m0/s1. The molecule has 0 aliphatic carbocycles. The zero-order chi connectivity index (χ0) is 18.3. The van der Waals surface area contributed by atoms with Crippen LogP contribution in [-0.2, 0) is 4.74 Å². The summed E-state index contributed by atoms with van der Waals surface area (Å²) in [7, 11) is 1.75. The van der Waals surface area contributed by atoms with Gasteiger partial charge >= 0.3 is 0 Å². The summed E-state index contributed by atoms with van der Waals surface area (Å²) < 4.78 is 48.6. The van der Waals surface area contributed by atoms with Crippen molar-refractivity contribution in [3.63, 3.8) is 0 Å². The molecule has 0 saturated carbocycles. The molecule has 136 valence electrons. The van der Waals surface area contributed by atoms with E-state index in [4.69, 9.17) is 4.74 Å². The normalized spacial score (nSPS) is 17.0. The maximum atomic E-state index is 14.1. The van der Waals surface area contributed by atoms with Gasteiger partial charge in [-0.05, 0) is 6.42 Å². The molecule has 1 aromatic carbocycles. The van der Waals surface area contributed by atoms with Gasteiger partial charge in [-0.2, -0.15) is 0 Å². The minimum absolute atomic E-state index is 0.0406. The summed E-state index contributed by atoms with van der Waals surface area (Å²) in [5.41, 5.74) is 0.871. The average molecular weight is 363 g/mol. The Morgan fingerprint density at radius 2 is 1.96 bits per heavy atom. The van der Waals surface area contributed by atoms with Crippen molar-refractivity contribution in [1.82, 2.24) is 14.5 Å². The lowest BCUT2D eigenvalue weighted by molar-refractivity contribution is 0.187. The number of pyridine rings is 1. The molecular formula is C17H16F3N5O. The summed E-state index contributed by atoms with van der Waals surface area (Å²) in [6, 6.07) is 3.01. The number of benzene rings is 1. The highest BCUT2D eigenvalue weighted by atomic mass is 19.1. The number of rotatable bonds is 4. The lowest BCUT2D eigenvalue weighted by Gasteiger charge is -2.16. The lowest BCUT2D eigenvalue weighted by Crippen LogP contribution is -2.13. The number of fused-ring (bicyclic) bond motifs is 1. The fourth-order valence-electron chi connectivity index (χ4n) is 3.09. The molecule has 3 heterocycles. The van der Waals surface area contributed by atoms with Crippen molar-refractivity contribution in [1.29, 1.82) is 0 Å². The second kappa shape index (κ2) is 6.49. The van der Waals surface area contributed by atoms with Crippen LogP contribution < -0.4 is 10.6 Å². The monoisotopic (exact) mass is 363 g/mol. The number of aromatic nitrogens is 3. The summed E-state index contributed by atoms with van der Waals surface area (Å²) in [6.45, 7) is 1.05. The fraction of sp³-hybridized carbons (Fsp3) is 0.294. The minimum atomic E-state index is -1.03. The number of halogens is 3. The van der Waals surface area contributed by atoms with E-state index in [1.165, 1.54) is 0 Å². The Labute approximate surface area is 147 Å². The molecule has 1 aliphatic heterocycles. The van der Waals surface area contributed by atoms with Crippen molar-refractivity contribution in [2.75, 3.05) is 30.9 Å². The van der Waals surface area contributed by atoms with E-state index in [2.05, 4.69) is 20.6 Å². The van der Waals surface area contributed by atoms with Gasteiger partial charge in [0.05, 0.1) is 24.4 Å². The smallest absolute Gasteiger partial charge is 0.208 e. The van der Waals surface area contributed by atoms with Gasteiger partial charge < -0.3 is 19.9 Å². The number of anilines is 3. The van der Waals surface area contributed by atoms with E-state index in [1.807, 2.05) is 10.6 Å². The number of hydrogen-bond donors (Lipinski definition) is 2. The lowest BCUT2D eigenvalue weighted by atomic mass is 10.2.